The van der Waals surface area contributed by atoms with Crippen LogP contribution in [-0.2, 0) is 15.3 Å². The van der Waals surface area contributed by atoms with E-state index in [0.29, 0.717) is 42.0 Å². The molecule has 3 heterocycles. The third-order valence-corrected chi connectivity index (χ3v) is 8.43. The van der Waals surface area contributed by atoms with Crippen LogP contribution >= 0.6 is 11.8 Å². The Morgan fingerprint density at radius 1 is 0.976 bits per heavy atom. The van der Waals surface area contributed by atoms with E-state index < -0.39 is 11.0 Å². The number of nitrogens with zero attached hydrogens (tertiary/aromatic N) is 6. The first-order valence-electron chi connectivity index (χ1n) is 13.5. The first kappa shape index (κ1) is 26.7. The van der Waals surface area contributed by atoms with E-state index in [1.54, 1.807) is 6.07 Å². The van der Waals surface area contributed by atoms with Crippen molar-refractivity contribution in [1.29, 1.82) is 0 Å². The molecular weight excluding hydrogens is 540 g/mol. The molecule has 1 atom stereocenters. The lowest BCUT2D eigenvalue weighted by Gasteiger charge is -2.36. The van der Waals surface area contributed by atoms with Crippen molar-refractivity contribution >= 4 is 51.6 Å². The fourth-order valence-corrected chi connectivity index (χ4v) is 6.21. The normalized spacial score (nSPS) is 18.0. The first-order chi connectivity index (χ1) is 20.0. The predicted octanol–water partition coefficient (Wildman–Crippen LogP) is 4.62. The highest BCUT2D eigenvalue weighted by atomic mass is 32.2. The van der Waals surface area contributed by atoms with Crippen LogP contribution < -0.4 is 4.90 Å². The number of thioether (sulfide) groups is 1. The number of amidine groups is 2. The number of anilines is 1. The molecule has 3 aromatic carbocycles. The van der Waals surface area contributed by atoms with Crippen molar-refractivity contribution in [2.45, 2.75) is 24.6 Å². The van der Waals surface area contributed by atoms with Gasteiger partial charge in [-0.1, -0.05) is 54.2 Å². The number of hydrogen-bond donors (Lipinski definition) is 0. The molecule has 0 N–H and O–H groups in total. The third-order valence-electron chi connectivity index (χ3n) is 7.42. The summed E-state index contributed by atoms with van der Waals surface area (Å²) in [6, 6.07) is 23.5. The molecule has 3 aromatic rings. The first-order valence-corrected chi connectivity index (χ1v) is 14.5. The number of fused-ring (bicyclic) bond motifs is 3. The van der Waals surface area contributed by atoms with Gasteiger partial charge in [0.2, 0.25) is 5.91 Å². The number of para-hydroxylation sites is 2. The van der Waals surface area contributed by atoms with E-state index >= 15 is 0 Å². The lowest BCUT2D eigenvalue weighted by atomic mass is 10.1. The van der Waals surface area contributed by atoms with Crippen molar-refractivity contribution in [2.75, 3.05) is 31.1 Å². The minimum Gasteiger partial charge on any atom is -0.368 e. The van der Waals surface area contributed by atoms with Gasteiger partial charge in [-0.25, -0.2) is 9.89 Å². The van der Waals surface area contributed by atoms with E-state index in [0.717, 1.165) is 29.9 Å². The molecule has 0 unspecified atom stereocenters. The molecule has 11 heteroatoms. The summed E-state index contributed by atoms with van der Waals surface area (Å²) in [6.07, 6.45) is 0.558. The number of benzene rings is 3. The number of non-ortho nitro benzene ring substituents is 1. The maximum absolute atomic E-state index is 13.6. The van der Waals surface area contributed by atoms with Crippen LogP contribution in [0.15, 0.2) is 88.8 Å². The second-order valence-electron chi connectivity index (χ2n) is 10.0. The number of nitro groups is 1. The quantitative estimate of drug-likeness (QED) is 0.304. The molecule has 0 spiro atoms. The van der Waals surface area contributed by atoms with E-state index in [9.17, 15) is 19.7 Å². The predicted molar refractivity (Wildman–Crippen MR) is 160 cm³/mol. The summed E-state index contributed by atoms with van der Waals surface area (Å²) in [6.45, 7) is 2.83. The summed E-state index contributed by atoms with van der Waals surface area (Å²) < 4.78 is 0. The van der Waals surface area contributed by atoms with Gasteiger partial charge in [0.25, 0.3) is 11.6 Å². The molecule has 1 saturated heterocycles. The van der Waals surface area contributed by atoms with Crippen LogP contribution in [0.25, 0.3) is 0 Å². The SMILES string of the molecule is O=C(CC[C@@H]1N=C2c3ccccc3N=C(SCc3cccc([N+](=O)[O-])c3)N2C1=O)N1CCN(c2ccccc2)CC1. The smallest absolute Gasteiger partial charge is 0.269 e. The number of carbonyl (C=O) groups is 2. The number of amides is 2. The Bertz CT molecular complexity index is 1550. The van der Waals surface area contributed by atoms with Gasteiger partial charge in [-0.3, -0.25) is 24.7 Å². The Labute approximate surface area is 241 Å². The molecule has 2 amide bonds. The van der Waals surface area contributed by atoms with Crippen molar-refractivity contribution in [2.24, 2.45) is 9.98 Å². The monoisotopic (exact) mass is 568 g/mol. The molecule has 208 valence electrons. The zero-order chi connectivity index (χ0) is 28.3. The van der Waals surface area contributed by atoms with E-state index in [-0.39, 0.29) is 23.9 Å². The van der Waals surface area contributed by atoms with Gasteiger partial charge in [-0.2, -0.15) is 0 Å². The Morgan fingerprint density at radius 2 is 1.73 bits per heavy atom. The van der Waals surface area contributed by atoms with Crippen LogP contribution in [0.1, 0.15) is 24.0 Å². The van der Waals surface area contributed by atoms with Crippen molar-refractivity contribution in [1.82, 2.24) is 9.80 Å². The van der Waals surface area contributed by atoms with E-state index in [1.807, 2.05) is 53.4 Å². The maximum Gasteiger partial charge on any atom is 0.269 e. The largest absolute Gasteiger partial charge is 0.368 e. The van der Waals surface area contributed by atoms with Crippen molar-refractivity contribution < 1.29 is 14.5 Å². The molecule has 0 radical (unpaired) electrons. The molecular formula is C30H28N6O4S. The maximum atomic E-state index is 13.6. The summed E-state index contributed by atoms with van der Waals surface area (Å²) >= 11 is 1.33. The number of carbonyl (C=O) groups excluding carboxylic acids is 2. The second kappa shape index (κ2) is 11.5. The summed E-state index contributed by atoms with van der Waals surface area (Å²) in [4.78, 5) is 52.6. The minimum absolute atomic E-state index is 0.0183. The van der Waals surface area contributed by atoms with Crippen LogP contribution in [0.4, 0.5) is 17.1 Å². The molecule has 10 nitrogen and oxygen atoms in total. The molecule has 41 heavy (non-hydrogen) atoms. The highest BCUT2D eigenvalue weighted by Crippen LogP contribution is 2.35. The summed E-state index contributed by atoms with van der Waals surface area (Å²) in [5.41, 5.74) is 3.41. The number of rotatable bonds is 7. The van der Waals surface area contributed by atoms with Crippen molar-refractivity contribution in [3.05, 3.63) is 100 Å². The molecule has 0 saturated carbocycles. The second-order valence-corrected chi connectivity index (χ2v) is 11.0. The standard InChI is InChI=1S/C30H28N6O4S/c37-27(34-17-15-33(16-18-34)22-8-2-1-3-9-22)14-13-26-29(38)35-28(31-26)24-11-4-5-12-25(24)32-30(35)41-20-21-7-6-10-23(19-21)36(39)40/h1-12,19,26H,13-18,20H2/t26-/m0/s1. The zero-order valence-corrected chi connectivity index (χ0v) is 23.1. The highest BCUT2D eigenvalue weighted by Gasteiger charge is 2.41. The highest BCUT2D eigenvalue weighted by molar-refractivity contribution is 8.13. The summed E-state index contributed by atoms with van der Waals surface area (Å²) in [7, 11) is 0. The molecule has 0 aromatic heterocycles. The van der Waals surface area contributed by atoms with Crippen molar-refractivity contribution in [3.63, 3.8) is 0 Å². The summed E-state index contributed by atoms with van der Waals surface area (Å²) in [5, 5.41) is 11.7. The van der Waals surface area contributed by atoms with E-state index in [1.165, 1.54) is 28.8 Å². The van der Waals surface area contributed by atoms with Gasteiger partial charge in [-0.15, -0.1) is 0 Å². The zero-order valence-electron chi connectivity index (χ0n) is 22.3. The van der Waals surface area contributed by atoms with Gasteiger partial charge in [0, 0.05) is 61.7 Å². The van der Waals surface area contributed by atoms with Gasteiger partial charge < -0.3 is 9.80 Å². The van der Waals surface area contributed by atoms with Gasteiger partial charge in [-0.05, 0) is 36.2 Å². The van der Waals surface area contributed by atoms with Crippen molar-refractivity contribution in [3.8, 4) is 0 Å². The Balaban J connectivity index is 1.12. The van der Waals surface area contributed by atoms with Gasteiger partial charge >= 0.3 is 0 Å². The van der Waals surface area contributed by atoms with Crippen LogP contribution in [0.5, 0.6) is 0 Å². The topological polar surface area (TPSA) is 112 Å². The number of piperazine rings is 1. The molecule has 0 aliphatic carbocycles. The Kier molecular flexibility index (Phi) is 7.51. The molecule has 3 aliphatic heterocycles. The molecule has 6 rings (SSSR count). The van der Waals surface area contributed by atoms with Crippen LogP contribution in [-0.4, -0.2) is 69.8 Å². The molecule has 0 bridgehead atoms. The lowest BCUT2D eigenvalue weighted by Crippen LogP contribution is -2.49. The third kappa shape index (κ3) is 5.58. The van der Waals surface area contributed by atoms with Crippen LogP contribution in [0, 0.1) is 10.1 Å². The average molecular weight is 569 g/mol. The van der Waals surface area contributed by atoms with E-state index in [2.05, 4.69) is 17.0 Å². The fraction of sp³-hybridized carbons (Fsp3) is 0.267. The van der Waals surface area contributed by atoms with Gasteiger partial charge in [0.05, 0.1) is 10.6 Å². The van der Waals surface area contributed by atoms with Crippen LogP contribution in [0.3, 0.4) is 0 Å². The Hall–Kier alpha value is -4.51. The molecule has 3 aliphatic rings. The number of nitro benzene ring substituents is 1. The van der Waals surface area contributed by atoms with E-state index in [4.69, 9.17) is 9.98 Å². The Morgan fingerprint density at radius 3 is 2.51 bits per heavy atom. The van der Waals surface area contributed by atoms with Crippen LogP contribution in [0.2, 0.25) is 0 Å². The number of aliphatic imine (C=N–C) groups is 2. The average Bonchev–Trinajstić information content (AvgIpc) is 3.35. The minimum atomic E-state index is -0.672. The van der Waals surface area contributed by atoms with Gasteiger partial charge in [0.1, 0.15) is 11.9 Å². The number of hydrogen-bond acceptors (Lipinski definition) is 8. The molecule has 1 fully saturated rings. The van der Waals surface area contributed by atoms with Gasteiger partial charge in [0.15, 0.2) is 5.17 Å². The lowest BCUT2D eigenvalue weighted by molar-refractivity contribution is -0.384. The summed E-state index contributed by atoms with van der Waals surface area (Å²) in [5.74, 6) is 0.764. The fourth-order valence-electron chi connectivity index (χ4n) is 5.27.